The molecule has 3 heterocycles. The third-order valence-electron chi connectivity index (χ3n) is 4.17. The zero-order chi connectivity index (χ0) is 16.1. The molecular weight excluding hydrogens is 298 g/mol. The van der Waals surface area contributed by atoms with Crippen LogP contribution in [0.25, 0.3) is 0 Å². The minimum Gasteiger partial charge on any atom is -0.389 e. The summed E-state index contributed by atoms with van der Waals surface area (Å²) in [7, 11) is 0. The van der Waals surface area contributed by atoms with Gasteiger partial charge in [0.25, 0.3) is 0 Å². The van der Waals surface area contributed by atoms with Gasteiger partial charge in [-0.2, -0.15) is 0 Å². The molecule has 0 aromatic carbocycles. The maximum Gasteiger partial charge on any atom is 0.236 e. The van der Waals surface area contributed by atoms with E-state index in [1.807, 2.05) is 0 Å². The molecule has 0 saturated carbocycles. The summed E-state index contributed by atoms with van der Waals surface area (Å²) in [6.45, 7) is 5.31. The van der Waals surface area contributed by atoms with Crippen LogP contribution in [-0.2, 0) is 9.53 Å². The molecule has 8 heteroatoms. The molecule has 23 heavy (non-hydrogen) atoms. The zero-order valence-corrected chi connectivity index (χ0v) is 13.2. The highest BCUT2D eigenvalue weighted by Gasteiger charge is 2.25. The van der Waals surface area contributed by atoms with Crippen LogP contribution < -0.4 is 4.90 Å². The van der Waals surface area contributed by atoms with Gasteiger partial charge in [-0.1, -0.05) is 0 Å². The smallest absolute Gasteiger partial charge is 0.236 e. The van der Waals surface area contributed by atoms with Crippen molar-refractivity contribution in [2.45, 2.75) is 6.10 Å². The van der Waals surface area contributed by atoms with Crippen LogP contribution >= 0.6 is 0 Å². The van der Waals surface area contributed by atoms with E-state index in [9.17, 15) is 9.90 Å². The van der Waals surface area contributed by atoms with Crippen LogP contribution in [0.2, 0.25) is 0 Å². The third-order valence-corrected chi connectivity index (χ3v) is 4.17. The molecule has 1 N–H and O–H groups in total. The van der Waals surface area contributed by atoms with Crippen LogP contribution in [0.3, 0.4) is 0 Å². The summed E-state index contributed by atoms with van der Waals surface area (Å²) in [5, 5.41) is 9.72. The summed E-state index contributed by atoms with van der Waals surface area (Å²) in [5.74, 6) is 0.797. The van der Waals surface area contributed by atoms with Crippen molar-refractivity contribution in [3.63, 3.8) is 0 Å². The van der Waals surface area contributed by atoms with E-state index >= 15 is 0 Å². The lowest BCUT2D eigenvalue weighted by Crippen LogP contribution is -2.51. The van der Waals surface area contributed by atoms with Gasteiger partial charge in [0.15, 0.2) is 0 Å². The molecule has 0 spiro atoms. The van der Waals surface area contributed by atoms with E-state index in [1.165, 1.54) is 0 Å². The minimum absolute atomic E-state index is 0.0546. The Balaban J connectivity index is 1.47. The Labute approximate surface area is 135 Å². The van der Waals surface area contributed by atoms with Crippen LogP contribution in [0.15, 0.2) is 18.5 Å². The van der Waals surface area contributed by atoms with Crippen molar-refractivity contribution in [1.82, 2.24) is 19.8 Å². The molecule has 0 aliphatic carbocycles. The molecule has 3 rings (SSSR count). The van der Waals surface area contributed by atoms with Crippen molar-refractivity contribution in [1.29, 1.82) is 0 Å². The molecule has 2 aliphatic rings. The number of anilines is 1. The number of rotatable bonds is 3. The Hall–Kier alpha value is -1.77. The number of piperazine rings is 1. The molecule has 1 amide bonds. The number of β-amino-alcohol motifs (C(OH)–C–C–N with tert-alkyl or cyclic N) is 1. The SMILES string of the molecule is O=C(CN1CCN(c2ncccn2)CC1)N1CCOCC(O)C1. The van der Waals surface area contributed by atoms with Gasteiger partial charge < -0.3 is 19.6 Å². The molecule has 1 atom stereocenters. The van der Waals surface area contributed by atoms with Gasteiger partial charge in [0.1, 0.15) is 0 Å². The van der Waals surface area contributed by atoms with Gasteiger partial charge in [-0.05, 0) is 6.07 Å². The summed E-state index contributed by atoms with van der Waals surface area (Å²) in [5.41, 5.74) is 0. The van der Waals surface area contributed by atoms with E-state index in [0.29, 0.717) is 32.8 Å². The number of aromatic nitrogens is 2. The molecule has 1 aromatic heterocycles. The van der Waals surface area contributed by atoms with Crippen LogP contribution in [0, 0.1) is 0 Å². The maximum atomic E-state index is 12.4. The molecule has 2 saturated heterocycles. The third kappa shape index (κ3) is 4.37. The highest BCUT2D eigenvalue weighted by Crippen LogP contribution is 2.10. The first-order valence-corrected chi connectivity index (χ1v) is 8.00. The van der Waals surface area contributed by atoms with Gasteiger partial charge in [-0.25, -0.2) is 9.97 Å². The van der Waals surface area contributed by atoms with Crippen molar-refractivity contribution in [2.24, 2.45) is 0 Å². The van der Waals surface area contributed by atoms with Crippen LogP contribution in [0.1, 0.15) is 0 Å². The Bertz CT molecular complexity index is 507. The van der Waals surface area contributed by atoms with E-state index in [-0.39, 0.29) is 5.91 Å². The summed E-state index contributed by atoms with van der Waals surface area (Å²) in [4.78, 5) is 26.9. The van der Waals surface area contributed by atoms with Gasteiger partial charge in [0.05, 0.1) is 25.9 Å². The lowest BCUT2D eigenvalue weighted by molar-refractivity contribution is -0.133. The molecule has 2 fully saturated rings. The molecule has 1 unspecified atom stereocenters. The number of carbonyl (C=O) groups is 1. The van der Waals surface area contributed by atoms with Gasteiger partial charge in [-0.3, -0.25) is 9.69 Å². The molecule has 1 aromatic rings. The van der Waals surface area contributed by atoms with Crippen LogP contribution in [0.5, 0.6) is 0 Å². The molecule has 2 aliphatic heterocycles. The topological polar surface area (TPSA) is 82.0 Å². The van der Waals surface area contributed by atoms with Crippen LogP contribution in [0.4, 0.5) is 5.95 Å². The van der Waals surface area contributed by atoms with Crippen molar-refractivity contribution in [3.8, 4) is 0 Å². The number of hydrogen-bond acceptors (Lipinski definition) is 7. The number of carbonyl (C=O) groups excluding carboxylic acids is 1. The first kappa shape index (κ1) is 16.1. The fourth-order valence-electron chi connectivity index (χ4n) is 2.87. The fourth-order valence-corrected chi connectivity index (χ4v) is 2.87. The van der Waals surface area contributed by atoms with E-state index in [0.717, 1.165) is 32.1 Å². The number of ether oxygens (including phenoxy) is 1. The van der Waals surface area contributed by atoms with E-state index < -0.39 is 6.10 Å². The second-order valence-electron chi connectivity index (χ2n) is 5.88. The lowest BCUT2D eigenvalue weighted by Gasteiger charge is -2.35. The number of nitrogens with zero attached hydrogens (tertiary/aromatic N) is 5. The summed E-state index contributed by atoms with van der Waals surface area (Å²) in [6.07, 6.45) is 2.89. The monoisotopic (exact) mass is 321 g/mol. The largest absolute Gasteiger partial charge is 0.389 e. The van der Waals surface area contributed by atoms with Gasteiger partial charge >= 0.3 is 0 Å². The second kappa shape index (κ2) is 7.67. The Kier molecular flexibility index (Phi) is 5.37. The van der Waals surface area contributed by atoms with Crippen molar-refractivity contribution < 1.29 is 14.6 Å². The number of hydrogen-bond donors (Lipinski definition) is 1. The predicted octanol–water partition coefficient (Wildman–Crippen LogP) is -1.18. The summed E-state index contributed by atoms with van der Waals surface area (Å²) < 4.78 is 5.26. The molecule has 8 nitrogen and oxygen atoms in total. The van der Waals surface area contributed by atoms with Crippen molar-refractivity contribution in [2.75, 3.05) is 63.9 Å². The van der Waals surface area contributed by atoms with Crippen LogP contribution in [-0.4, -0.2) is 95.9 Å². The Morgan fingerprint density at radius 2 is 1.96 bits per heavy atom. The number of aliphatic hydroxyl groups excluding tert-OH is 1. The Morgan fingerprint density at radius 1 is 1.22 bits per heavy atom. The Morgan fingerprint density at radius 3 is 2.70 bits per heavy atom. The number of aliphatic hydroxyl groups is 1. The van der Waals surface area contributed by atoms with E-state index in [4.69, 9.17) is 4.74 Å². The van der Waals surface area contributed by atoms with Gasteiger partial charge in [0, 0.05) is 51.7 Å². The normalized spacial score (nSPS) is 23.6. The molecule has 0 bridgehead atoms. The first-order valence-electron chi connectivity index (χ1n) is 8.00. The van der Waals surface area contributed by atoms with Crippen molar-refractivity contribution >= 4 is 11.9 Å². The molecular formula is C15H23N5O3. The number of amides is 1. The second-order valence-corrected chi connectivity index (χ2v) is 5.88. The maximum absolute atomic E-state index is 12.4. The lowest BCUT2D eigenvalue weighted by atomic mass is 10.3. The predicted molar refractivity (Wildman–Crippen MR) is 84.1 cm³/mol. The summed E-state index contributed by atoms with van der Waals surface area (Å²) in [6, 6.07) is 1.80. The fraction of sp³-hybridized carbons (Fsp3) is 0.667. The average molecular weight is 321 g/mol. The minimum atomic E-state index is -0.589. The molecule has 0 radical (unpaired) electrons. The molecule has 126 valence electrons. The zero-order valence-electron chi connectivity index (χ0n) is 13.2. The summed E-state index contributed by atoms with van der Waals surface area (Å²) >= 11 is 0. The van der Waals surface area contributed by atoms with Gasteiger partial charge in [0.2, 0.25) is 11.9 Å². The van der Waals surface area contributed by atoms with Crippen molar-refractivity contribution in [3.05, 3.63) is 18.5 Å². The quantitative estimate of drug-likeness (QED) is 0.750. The highest BCUT2D eigenvalue weighted by atomic mass is 16.5. The van der Waals surface area contributed by atoms with Gasteiger partial charge in [-0.15, -0.1) is 0 Å². The van der Waals surface area contributed by atoms with E-state index in [2.05, 4.69) is 19.8 Å². The standard InChI is InChI=1S/C15H23N5O3/c21-13-10-20(8-9-23-12-13)14(22)11-18-4-6-19(7-5-18)15-16-2-1-3-17-15/h1-3,13,21H,4-12H2. The average Bonchev–Trinajstić information content (AvgIpc) is 2.81. The highest BCUT2D eigenvalue weighted by molar-refractivity contribution is 5.78. The van der Waals surface area contributed by atoms with E-state index in [1.54, 1.807) is 23.4 Å². The first-order chi connectivity index (χ1) is 11.2.